The number of ether oxygens (including phenoxy) is 3. The third-order valence-electron chi connectivity index (χ3n) is 3.21. The van der Waals surface area contributed by atoms with Crippen LogP contribution in [0.5, 0.6) is 11.8 Å². The van der Waals surface area contributed by atoms with Crippen LogP contribution in [0.25, 0.3) is 5.76 Å². The number of carbonyl (C=O) groups is 1. The highest BCUT2D eigenvalue weighted by atomic mass is 16.5. The molecule has 1 aromatic heterocycles. The maximum atomic E-state index is 11.0. The molecule has 0 N–H and O–H groups in total. The van der Waals surface area contributed by atoms with Gasteiger partial charge in [-0.25, -0.2) is 0 Å². The molecule has 0 aromatic carbocycles. The first-order valence-corrected chi connectivity index (χ1v) is 6.88. The fraction of sp³-hybridized carbons (Fsp3) is 0.467. The SMILES string of the molecule is CC(=O)Oc1ccc(C2=CCCO2)c(OCC2CC2)n1. The van der Waals surface area contributed by atoms with Crippen molar-refractivity contribution in [3.8, 4) is 11.8 Å². The molecule has 1 aliphatic carbocycles. The second kappa shape index (κ2) is 5.53. The molecule has 1 aromatic rings. The van der Waals surface area contributed by atoms with Gasteiger partial charge in [0.05, 0.1) is 18.8 Å². The Labute approximate surface area is 117 Å². The summed E-state index contributed by atoms with van der Waals surface area (Å²) < 4.78 is 16.3. The molecule has 5 heteroatoms. The van der Waals surface area contributed by atoms with Crippen LogP contribution in [0.1, 0.15) is 31.7 Å². The highest BCUT2D eigenvalue weighted by Gasteiger charge is 2.24. The Kier molecular flexibility index (Phi) is 3.58. The molecule has 1 saturated carbocycles. The zero-order chi connectivity index (χ0) is 13.9. The summed E-state index contributed by atoms with van der Waals surface area (Å²) in [6, 6.07) is 3.48. The molecule has 1 aliphatic heterocycles. The summed E-state index contributed by atoms with van der Waals surface area (Å²) in [4.78, 5) is 15.3. The summed E-state index contributed by atoms with van der Waals surface area (Å²) in [7, 11) is 0. The minimum atomic E-state index is -0.394. The van der Waals surface area contributed by atoms with E-state index in [1.165, 1.54) is 19.8 Å². The molecule has 0 saturated heterocycles. The average Bonchev–Trinajstić information content (AvgIpc) is 3.09. The molecular formula is C15H17NO4. The molecule has 0 atom stereocenters. The molecule has 5 nitrogen and oxygen atoms in total. The predicted molar refractivity (Wildman–Crippen MR) is 72.3 cm³/mol. The first-order valence-electron chi connectivity index (χ1n) is 6.88. The van der Waals surface area contributed by atoms with Crippen LogP contribution in [0.4, 0.5) is 0 Å². The van der Waals surface area contributed by atoms with Crippen LogP contribution in [0.2, 0.25) is 0 Å². The van der Waals surface area contributed by atoms with Gasteiger partial charge in [-0.05, 0) is 30.9 Å². The molecular weight excluding hydrogens is 258 g/mol. The number of pyridine rings is 1. The van der Waals surface area contributed by atoms with Crippen molar-refractivity contribution < 1.29 is 19.0 Å². The Hall–Kier alpha value is -2.04. The molecule has 106 valence electrons. The van der Waals surface area contributed by atoms with Gasteiger partial charge in [0.15, 0.2) is 0 Å². The van der Waals surface area contributed by atoms with Crippen molar-refractivity contribution >= 4 is 11.7 Å². The van der Waals surface area contributed by atoms with Gasteiger partial charge in [-0.2, -0.15) is 4.98 Å². The van der Waals surface area contributed by atoms with Gasteiger partial charge < -0.3 is 14.2 Å². The third-order valence-corrected chi connectivity index (χ3v) is 3.21. The maximum Gasteiger partial charge on any atom is 0.309 e. The lowest BCUT2D eigenvalue weighted by molar-refractivity contribution is -0.132. The van der Waals surface area contributed by atoms with Crippen molar-refractivity contribution in [3.63, 3.8) is 0 Å². The van der Waals surface area contributed by atoms with Gasteiger partial charge in [0.2, 0.25) is 11.8 Å². The molecule has 0 radical (unpaired) electrons. The topological polar surface area (TPSA) is 57.7 Å². The zero-order valence-corrected chi connectivity index (χ0v) is 11.4. The van der Waals surface area contributed by atoms with Gasteiger partial charge in [0.25, 0.3) is 0 Å². The smallest absolute Gasteiger partial charge is 0.309 e. The van der Waals surface area contributed by atoms with Crippen LogP contribution < -0.4 is 9.47 Å². The van der Waals surface area contributed by atoms with E-state index >= 15 is 0 Å². The van der Waals surface area contributed by atoms with Crippen LogP contribution in [0.15, 0.2) is 18.2 Å². The van der Waals surface area contributed by atoms with E-state index in [2.05, 4.69) is 4.98 Å². The van der Waals surface area contributed by atoms with E-state index in [0.29, 0.717) is 25.0 Å². The summed E-state index contributed by atoms with van der Waals surface area (Å²) in [5.41, 5.74) is 0.819. The first-order chi connectivity index (χ1) is 9.72. The molecule has 0 spiro atoms. The van der Waals surface area contributed by atoms with E-state index in [9.17, 15) is 4.79 Å². The Balaban J connectivity index is 1.84. The fourth-order valence-electron chi connectivity index (χ4n) is 2.01. The second-order valence-electron chi connectivity index (χ2n) is 5.06. The van der Waals surface area contributed by atoms with Gasteiger partial charge in [-0.15, -0.1) is 0 Å². The minimum absolute atomic E-state index is 0.255. The summed E-state index contributed by atoms with van der Waals surface area (Å²) in [5, 5.41) is 0. The lowest BCUT2D eigenvalue weighted by atomic mass is 10.2. The minimum Gasteiger partial charge on any atom is -0.493 e. The van der Waals surface area contributed by atoms with Gasteiger partial charge in [-0.3, -0.25) is 4.79 Å². The molecule has 1 fully saturated rings. The van der Waals surface area contributed by atoms with Crippen molar-refractivity contribution in [1.29, 1.82) is 0 Å². The lowest BCUT2D eigenvalue weighted by Crippen LogP contribution is -2.07. The van der Waals surface area contributed by atoms with E-state index in [-0.39, 0.29) is 5.88 Å². The van der Waals surface area contributed by atoms with Crippen molar-refractivity contribution in [3.05, 3.63) is 23.8 Å². The van der Waals surface area contributed by atoms with Crippen LogP contribution in [-0.2, 0) is 9.53 Å². The highest BCUT2D eigenvalue weighted by Crippen LogP contribution is 2.33. The van der Waals surface area contributed by atoms with E-state index in [4.69, 9.17) is 14.2 Å². The van der Waals surface area contributed by atoms with E-state index in [0.717, 1.165) is 17.7 Å². The van der Waals surface area contributed by atoms with Gasteiger partial charge in [0.1, 0.15) is 5.76 Å². The zero-order valence-electron chi connectivity index (χ0n) is 11.4. The normalized spacial score (nSPS) is 17.4. The lowest BCUT2D eigenvalue weighted by Gasteiger charge is -2.12. The van der Waals surface area contributed by atoms with Crippen molar-refractivity contribution in [1.82, 2.24) is 4.98 Å². The Morgan fingerprint density at radius 1 is 1.45 bits per heavy atom. The van der Waals surface area contributed by atoms with E-state index in [1.54, 1.807) is 6.07 Å². The number of nitrogens with zero attached hydrogens (tertiary/aromatic N) is 1. The molecule has 2 heterocycles. The molecule has 2 aliphatic rings. The van der Waals surface area contributed by atoms with Crippen molar-refractivity contribution in [2.24, 2.45) is 5.92 Å². The van der Waals surface area contributed by atoms with Crippen LogP contribution in [0.3, 0.4) is 0 Å². The van der Waals surface area contributed by atoms with Crippen LogP contribution in [0, 0.1) is 5.92 Å². The van der Waals surface area contributed by atoms with Gasteiger partial charge in [-0.1, -0.05) is 0 Å². The standard InChI is InChI=1S/C15H17NO4/c1-10(17)20-14-7-6-12(13-3-2-8-18-13)15(16-14)19-9-11-4-5-11/h3,6-7,11H,2,4-5,8-9H2,1H3. The predicted octanol–water partition coefficient (Wildman–Crippen LogP) is 2.56. The van der Waals surface area contributed by atoms with Gasteiger partial charge in [0, 0.05) is 19.4 Å². The second-order valence-corrected chi connectivity index (χ2v) is 5.06. The number of carbonyl (C=O) groups excluding carboxylic acids is 1. The van der Waals surface area contributed by atoms with E-state index in [1.807, 2.05) is 12.1 Å². The molecule has 0 amide bonds. The van der Waals surface area contributed by atoms with Gasteiger partial charge >= 0.3 is 5.97 Å². The monoisotopic (exact) mass is 275 g/mol. The quantitative estimate of drug-likeness (QED) is 0.773. The Morgan fingerprint density at radius 3 is 2.95 bits per heavy atom. The molecule has 20 heavy (non-hydrogen) atoms. The third kappa shape index (κ3) is 3.10. The summed E-state index contributed by atoms with van der Waals surface area (Å²) >= 11 is 0. The molecule has 0 unspecified atom stereocenters. The summed E-state index contributed by atoms with van der Waals surface area (Å²) in [6.45, 7) is 2.68. The number of esters is 1. The summed E-state index contributed by atoms with van der Waals surface area (Å²) in [6.07, 6.45) is 5.33. The Morgan fingerprint density at radius 2 is 2.30 bits per heavy atom. The van der Waals surface area contributed by atoms with Crippen molar-refractivity contribution in [2.45, 2.75) is 26.2 Å². The number of hydrogen-bond donors (Lipinski definition) is 0. The average molecular weight is 275 g/mol. The summed E-state index contributed by atoms with van der Waals surface area (Å²) in [5.74, 6) is 1.75. The maximum absolute atomic E-state index is 11.0. The highest BCUT2D eigenvalue weighted by molar-refractivity contribution is 5.70. The number of rotatable bonds is 5. The van der Waals surface area contributed by atoms with Crippen molar-refractivity contribution in [2.75, 3.05) is 13.2 Å². The van der Waals surface area contributed by atoms with Crippen LogP contribution >= 0.6 is 0 Å². The van der Waals surface area contributed by atoms with Crippen LogP contribution in [-0.4, -0.2) is 24.2 Å². The number of hydrogen-bond acceptors (Lipinski definition) is 5. The van der Waals surface area contributed by atoms with E-state index < -0.39 is 5.97 Å². The molecule has 0 bridgehead atoms. The Bertz CT molecular complexity index is 549. The molecule has 3 rings (SSSR count). The largest absolute Gasteiger partial charge is 0.493 e. The number of aromatic nitrogens is 1. The first kappa shape index (κ1) is 13.0. The fourth-order valence-corrected chi connectivity index (χ4v) is 2.01.